The molecule has 1 amide bonds. The Labute approximate surface area is 104 Å². The summed E-state index contributed by atoms with van der Waals surface area (Å²) in [5.41, 5.74) is -0.0822. The molecule has 0 aromatic heterocycles. The van der Waals surface area contributed by atoms with Crippen LogP contribution in [0.5, 0.6) is 0 Å². The second-order valence-corrected chi connectivity index (χ2v) is 6.04. The summed E-state index contributed by atoms with van der Waals surface area (Å²) in [5.74, 6) is 0.889. The predicted octanol–water partition coefficient (Wildman–Crippen LogP) is 2.19. The minimum Gasteiger partial charge on any atom is -0.396 e. The van der Waals surface area contributed by atoms with Gasteiger partial charge < -0.3 is 10.0 Å². The molecule has 1 unspecified atom stereocenters. The number of carbonyl (C=O) groups is 1. The molecule has 98 valence electrons. The van der Waals surface area contributed by atoms with Gasteiger partial charge in [0.2, 0.25) is 5.91 Å². The van der Waals surface area contributed by atoms with Gasteiger partial charge in [-0.3, -0.25) is 4.79 Å². The normalized spacial score (nSPS) is 28.4. The van der Waals surface area contributed by atoms with Crippen LogP contribution in [-0.2, 0) is 4.79 Å². The molecule has 17 heavy (non-hydrogen) atoms. The minimum absolute atomic E-state index is 0.0822. The number of piperidine rings is 1. The van der Waals surface area contributed by atoms with Gasteiger partial charge in [0, 0.05) is 25.1 Å². The van der Waals surface area contributed by atoms with Gasteiger partial charge in [-0.15, -0.1) is 0 Å². The molecule has 1 heterocycles. The van der Waals surface area contributed by atoms with E-state index in [-0.39, 0.29) is 12.0 Å². The van der Waals surface area contributed by atoms with E-state index in [9.17, 15) is 4.79 Å². The fraction of sp³-hybridized carbons (Fsp3) is 0.929. The largest absolute Gasteiger partial charge is 0.396 e. The molecular weight excluding hydrogens is 214 g/mol. The van der Waals surface area contributed by atoms with Crippen LogP contribution in [0, 0.1) is 11.3 Å². The van der Waals surface area contributed by atoms with E-state index >= 15 is 0 Å². The number of amides is 1. The summed E-state index contributed by atoms with van der Waals surface area (Å²) >= 11 is 0. The van der Waals surface area contributed by atoms with E-state index < -0.39 is 0 Å². The van der Waals surface area contributed by atoms with Gasteiger partial charge in [0.25, 0.3) is 0 Å². The van der Waals surface area contributed by atoms with Crippen molar-refractivity contribution in [1.29, 1.82) is 0 Å². The van der Waals surface area contributed by atoms with Gasteiger partial charge in [0.15, 0.2) is 0 Å². The van der Waals surface area contributed by atoms with Gasteiger partial charge in [0.1, 0.15) is 0 Å². The maximum Gasteiger partial charge on any atom is 0.228 e. The predicted molar refractivity (Wildman–Crippen MR) is 67.6 cm³/mol. The summed E-state index contributed by atoms with van der Waals surface area (Å²) in [5, 5.41) is 9.00. The van der Waals surface area contributed by atoms with E-state index in [2.05, 4.69) is 11.8 Å². The number of hydrogen-bond donors (Lipinski definition) is 1. The van der Waals surface area contributed by atoms with Crippen molar-refractivity contribution in [3.8, 4) is 0 Å². The number of likely N-dealkylation sites (tertiary alicyclic amines) is 1. The second-order valence-electron chi connectivity index (χ2n) is 6.04. The lowest BCUT2D eigenvalue weighted by Gasteiger charge is -2.37. The van der Waals surface area contributed by atoms with Crippen LogP contribution >= 0.6 is 0 Å². The topological polar surface area (TPSA) is 40.5 Å². The van der Waals surface area contributed by atoms with Crippen LogP contribution in [-0.4, -0.2) is 35.6 Å². The molecular formula is C14H25NO2. The van der Waals surface area contributed by atoms with Crippen LogP contribution in [0.15, 0.2) is 0 Å². The van der Waals surface area contributed by atoms with E-state index in [1.54, 1.807) is 0 Å². The summed E-state index contributed by atoms with van der Waals surface area (Å²) in [7, 11) is 0. The summed E-state index contributed by atoms with van der Waals surface area (Å²) in [4.78, 5) is 14.6. The third-order valence-corrected chi connectivity index (χ3v) is 4.57. The standard InChI is InChI=1S/C14H25NO2/c1-14(7-2-3-8-14)13(17)15-9-4-5-12(11-15)6-10-16/h12,16H,2-11H2,1H3. The molecule has 0 spiro atoms. The van der Waals surface area contributed by atoms with Crippen LogP contribution in [0.25, 0.3) is 0 Å². The van der Waals surface area contributed by atoms with E-state index in [0.29, 0.717) is 11.8 Å². The van der Waals surface area contributed by atoms with Gasteiger partial charge in [-0.05, 0) is 38.0 Å². The molecule has 0 bridgehead atoms. The lowest BCUT2D eigenvalue weighted by molar-refractivity contribution is -0.143. The molecule has 3 nitrogen and oxygen atoms in total. The Morgan fingerprint density at radius 2 is 2.06 bits per heavy atom. The van der Waals surface area contributed by atoms with Crippen molar-refractivity contribution in [2.24, 2.45) is 11.3 Å². The minimum atomic E-state index is -0.0822. The van der Waals surface area contributed by atoms with Crippen molar-refractivity contribution in [2.45, 2.75) is 51.9 Å². The van der Waals surface area contributed by atoms with Crippen LogP contribution in [0.2, 0.25) is 0 Å². The number of aliphatic hydroxyl groups is 1. The first-order valence-corrected chi connectivity index (χ1v) is 7.06. The Balaban J connectivity index is 1.94. The molecule has 1 atom stereocenters. The Morgan fingerprint density at radius 1 is 1.35 bits per heavy atom. The lowest BCUT2D eigenvalue weighted by Crippen LogP contribution is -2.46. The average Bonchev–Trinajstić information content (AvgIpc) is 2.77. The van der Waals surface area contributed by atoms with Gasteiger partial charge in [-0.25, -0.2) is 0 Å². The fourth-order valence-electron chi connectivity index (χ4n) is 3.42. The average molecular weight is 239 g/mol. The van der Waals surface area contributed by atoms with Crippen molar-refractivity contribution in [2.75, 3.05) is 19.7 Å². The molecule has 1 saturated carbocycles. The molecule has 0 aromatic rings. The molecule has 1 N–H and O–H groups in total. The van der Waals surface area contributed by atoms with Crippen molar-refractivity contribution in [3.05, 3.63) is 0 Å². The highest BCUT2D eigenvalue weighted by atomic mass is 16.3. The highest BCUT2D eigenvalue weighted by Crippen LogP contribution is 2.40. The van der Waals surface area contributed by atoms with Crippen molar-refractivity contribution < 1.29 is 9.90 Å². The molecule has 2 fully saturated rings. The number of nitrogens with zero attached hydrogens (tertiary/aromatic N) is 1. The molecule has 2 rings (SSSR count). The van der Waals surface area contributed by atoms with E-state index in [0.717, 1.165) is 38.8 Å². The van der Waals surface area contributed by atoms with Crippen LogP contribution in [0.4, 0.5) is 0 Å². The number of hydrogen-bond acceptors (Lipinski definition) is 2. The highest BCUT2D eigenvalue weighted by molar-refractivity contribution is 5.82. The summed E-state index contributed by atoms with van der Waals surface area (Å²) in [6.45, 7) is 4.19. The maximum atomic E-state index is 12.5. The molecule has 0 aromatic carbocycles. The van der Waals surface area contributed by atoms with Crippen molar-refractivity contribution in [1.82, 2.24) is 4.90 Å². The first kappa shape index (κ1) is 12.9. The number of rotatable bonds is 3. The molecule has 2 aliphatic rings. The molecule has 1 aliphatic carbocycles. The maximum absolute atomic E-state index is 12.5. The Bertz CT molecular complexity index is 269. The highest BCUT2D eigenvalue weighted by Gasteiger charge is 2.40. The van der Waals surface area contributed by atoms with E-state index in [1.807, 2.05) is 0 Å². The zero-order valence-corrected chi connectivity index (χ0v) is 11.0. The zero-order chi connectivity index (χ0) is 12.3. The number of aliphatic hydroxyl groups excluding tert-OH is 1. The first-order chi connectivity index (χ1) is 8.15. The van der Waals surface area contributed by atoms with Crippen LogP contribution in [0.1, 0.15) is 51.9 Å². The summed E-state index contributed by atoms with van der Waals surface area (Å²) in [6.07, 6.45) is 7.65. The van der Waals surface area contributed by atoms with Gasteiger partial charge in [0.05, 0.1) is 0 Å². The smallest absolute Gasteiger partial charge is 0.228 e. The van der Waals surface area contributed by atoms with E-state index in [4.69, 9.17) is 5.11 Å². The first-order valence-electron chi connectivity index (χ1n) is 7.06. The van der Waals surface area contributed by atoms with Crippen molar-refractivity contribution in [3.63, 3.8) is 0 Å². The van der Waals surface area contributed by atoms with E-state index in [1.165, 1.54) is 19.3 Å². The monoisotopic (exact) mass is 239 g/mol. The van der Waals surface area contributed by atoms with Gasteiger partial charge >= 0.3 is 0 Å². The molecule has 1 saturated heterocycles. The third kappa shape index (κ3) is 2.82. The van der Waals surface area contributed by atoms with Gasteiger partial charge in [-0.1, -0.05) is 19.8 Å². The Morgan fingerprint density at radius 3 is 2.71 bits per heavy atom. The zero-order valence-electron chi connectivity index (χ0n) is 11.0. The SMILES string of the molecule is CC1(C(=O)N2CCCC(CCO)C2)CCCC1. The summed E-state index contributed by atoms with van der Waals surface area (Å²) < 4.78 is 0. The summed E-state index contributed by atoms with van der Waals surface area (Å²) in [6, 6.07) is 0. The quantitative estimate of drug-likeness (QED) is 0.820. The lowest BCUT2D eigenvalue weighted by atomic mass is 9.85. The molecule has 1 aliphatic heterocycles. The third-order valence-electron chi connectivity index (χ3n) is 4.57. The van der Waals surface area contributed by atoms with Crippen molar-refractivity contribution >= 4 is 5.91 Å². The molecule has 0 radical (unpaired) electrons. The number of carbonyl (C=O) groups excluding carboxylic acids is 1. The Kier molecular flexibility index (Phi) is 4.08. The second kappa shape index (κ2) is 5.38. The molecule has 3 heteroatoms. The fourth-order valence-corrected chi connectivity index (χ4v) is 3.42. The van der Waals surface area contributed by atoms with Crippen LogP contribution < -0.4 is 0 Å². The Hall–Kier alpha value is -0.570. The van der Waals surface area contributed by atoms with Gasteiger partial charge in [-0.2, -0.15) is 0 Å². The van der Waals surface area contributed by atoms with Crippen LogP contribution in [0.3, 0.4) is 0 Å².